The summed E-state index contributed by atoms with van der Waals surface area (Å²) in [7, 11) is 1.54. The molecule has 3 aromatic rings. The lowest BCUT2D eigenvalue weighted by Gasteiger charge is -2.09. The lowest BCUT2D eigenvalue weighted by Crippen LogP contribution is -2.24. The molecule has 0 unspecified atom stereocenters. The van der Waals surface area contributed by atoms with Crippen LogP contribution in [0.1, 0.15) is 16.8 Å². The van der Waals surface area contributed by atoms with Gasteiger partial charge in [0.1, 0.15) is 5.15 Å². The van der Waals surface area contributed by atoms with Gasteiger partial charge in [0.2, 0.25) is 0 Å². The number of nitrogens with one attached hydrogen (secondary N) is 1. The van der Waals surface area contributed by atoms with Crippen LogP contribution in [0.3, 0.4) is 0 Å². The fourth-order valence-corrected chi connectivity index (χ4v) is 2.94. The number of hydrogen-bond donors (Lipinski definition) is 1. The van der Waals surface area contributed by atoms with E-state index >= 15 is 0 Å². The maximum atomic E-state index is 12.0. The maximum absolute atomic E-state index is 12.0. The van der Waals surface area contributed by atoms with Gasteiger partial charge < -0.3 is 9.47 Å². The zero-order valence-electron chi connectivity index (χ0n) is 16.1. The van der Waals surface area contributed by atoms with Crippen LogP contribution in [0.25, 0.3) is 0 Å². The van der Waals surface area contributed by atoms with Gasteiger partial charge in [-0.3, -0.25) is 4.79 Å². The highest BCUT2D eigenvalue weighted by Crippen LogP contribution is 2.25. The Balaban J connectivity index is 1.58. The molecule has 7 nitrogen and oxygen atoms in total. The predicted octanol–water partition coefficient (Wildman–Crippen LogP) is 3.43. The number of hydrazone groups is 1. The number of para-hydroxylation sites is 2. The molecule has 29 heavy (non-hydrogen) atoms. The molecule has 1 amide bonds. The van der Waals surface area contributed by atoms with Gasteiger partial charge in [-0.05, 0) is 24.6 Å². The van der Waals surface area contributed by atoms with Gasteiger partial charge in [0, 0.05) is 0 Å². The number of carbonyl (C=O) groups excluding carboxylic acids is 1. The molecule has 0 spiro atoms. The van der Waals surface area contributed by atoms with Crippen LogP contribution < -0.4 is 14.9 Å². The highest BCUT2D eigenvalue weighted by atomic mass is 35.5. The van der Waals surface area contributed by atoms with Crippen molar-refractivity contribution < 1.29 is 14.3 Å². The standard InChI is InChI=1S/C21H21ClN4O3/c1-15-17(21(22)26(25-15)13-16-8-4-3-5-9-16)12-23-24-20(27)14-29-19-11-7-6-10-18(19)28-2/h3-12H,13-14H2,1-2H3,(H,24,27)/b23-12-. The van der Waals surface area contributed by atoms with Crippen LogP contribution in [0.15, 0.2) is 59.7 Å². The molecule has 1 N–H and O–H groups in total. The Bertz CT molecular complexity index is 1000. The van der Waals surface area contributed by atoms with E-state index in [-0.39, 0.29) is 6.61 Å². The molecule has 0 radical (unpaired) electrons. The number of amides is 1. The van der Waals surface area contributed by atoms with Crippen LogP contribution in [0.4, 0.5) is 0 Å². The molecular formula is C21H21ClN4O3. The van der Waals surface area contributed by atoms with Crippen LogP contribution in [-0.4, -0.2) is 35.6 Å². The van der Waals surface area contributed by atoms with Crippen molar-refractivity contribution in [3.05, 3.63) is 76.6 Å². The second-order valence-electron chi connectivity index (χ2n) is 6.17. The third kappa shape index (κ3) is 5.36. The number of carbonyl (C=O) groups is 1. The monoisotopic (exact) mass is 412 g/mol. The van der Waals surface area contributed by atoms with Crippen molar-refractivity contribution in [2.45, 2.75) is 13.5 Å². The van der Waals surface area contributed by atoms with Gasteiger partial charge in [0.25, 0.3) is 5.91 Å². The summed E-state index contributed by atoms with van der Waals surface area (Å²) in [6.07, 6.45) is 1.48. The van der Waals surface area contributed by atoms with E-state index in [1.54, 1.807) is 22.9 Å². The molecule has 0 aliphatic carbocycles. The van der Waals surface area contributed by atoms with Crippen molar-refractivity contribution in [1.29, 1.82) is 0 Å². The molecule has 0 atom stereocenters. The summed E-state index contributed by atoms with van der Waals surface area (Å²) < 4.78 is 12.3. The summed E-state index contributed by atoms with van der Waals surface area (Å²) >= 11 is 6.43. The van der Waals surface area contributed by atoms with Crippen molar-refractivity contribution in [2.75, 3.05) is 13.7 Å². The molecule has 2 aromatic carbocycles. The molecule has 1 heterocycles. The molecule has 0 aliphatic heterocycles. The molecular weight excluding hydrogens is 392 g/mol. The first-order chi connectivity index (χ1) is 14.1. The number of methoxy groups -OCH3 is 1. The van der Waals surface area contributed by atoms with E-state index in [4.69, 9.17) is 21.1 Å². The van der Waals surface area contributed by atoms with Crippen molar-refractivity contribution >= 4 is 23.7 Å². The van der Waals surface area contributed by atoms with Crippen LogP contribution in [-0.2, 0) is 11.3 Å². The predicted molar refractivity (Wildman–Crippen MR) is 112 cm³/mol. The summed E-state index contributed by atoms with van der Waals surface area (Å²) in [4.78, 5) is 12.0. The summed E-state index contributed by atoms with van der Waals surface area (Å²) in [6, 6.07) is 17.0. The number of nitrogens with zero attached hydrogens (tertiary/aromatic N) is 3. The largest absolute Gasteiger partial charge is 0.493 e. The molecule has 0 saturated carbocycles. The van der Waals surface area contributed by atoms with Crippen molar-refractivity contribution in [1.82, 2.24) is 15.2 Å². The smallest absolute Gasteiger partial charge is 0.277 e. The van der Waals surface area contributed by atoms with E-state index in [2.05, 4.69) is 15.6 Å². The quantitative estimate of drug-likeness (QED) is 0.454. The second kappa shape index (κ2) is 9.75. The van der Waals surface area contributed by atoms with Gasteiger partial charge in [-0.25, -0.2) is 10.1 Å². The maximum Gasteiger partial charge on any atom is 0.277 e. The Hall–Kier alpha value is -3.32. The Kier molecular flexibility index (Phi) is 6.86. The molecule has 0 aliphatic rings. The van der Waals surface area contributed by atoms with E-state index in [0.29, 0.717) is 34.5 Å². The Morgan fingerprint density at radius 3 is 2.59 bits per heavy atom. The van der Waals surface area contributed by atoms with Crippen molar-refractivity contribution in [2.24, 2.45) is 5.10 Å². The first-order valence-electron chi connectivity index (χ1n) is 8.93. The van der Waals surface area contributed by atoms with E-state index in [9.17, 15) is 4.79 Å². The fraction of sp³-hybridized carbons (Fsp3) is 0.190. The molecule has 0 saturated heterocycles. The van der Waals surface area contributed by atoms with Crippen molar-refractivity contribution in [3.63, 3.8) is 0 Å². The second-order valence-corrected chi connectivity index (χ2v) is 6.52. The summed E-state index contributed by atoms with van der Waals surface area (Å²) in [5, 5.41) is 8.86. The number of hydrogen-bond acceptors (Lipinski definition) is 5. The molecule has 3 rings (SSSR count). The van der Waals surface area contributed by atoms with E-state index < -0.39 is 5.91 Å². The van der Waals surface area contributed by atoms with Gasteiger partial charge in [-0.15, -0.1) is 0 Å². The Morgan fingerprint density at radius 2 is 1.86 bits per heavy atom. The van der Waals surface area contributed by atoms with Gasteiger partial charge >= 0.3 is 0 Å². The van der Waals surface area contributed by atoms with Gasteiger partial charge in [0.15, 0.2) is 18.1 Å². The fourth-order valence-electron chi connectivity index (χ4n) is 2.66. The normalized spacial score (nSPS) is 10.9. The summed E-state index contributed by atoms with van der Waals surface area (Å²) in [6.45, 7) is 2.19. The minimum atomic E-state index is -0.405. The zero-order valence-corrected chi connectivity index (χ0v) is 16.9. The first kappa shape index (κ1) is 20.4. The summed E-state index contributed by atoms with van der Waals surface area (Å²) in [5.74, 6) is 0.629. The molecule has 0 bridgehead atoms. The average molecular weight is 413 g/mol. The number of aromatic nitrogens is 2. The average Bonchev–Trinajstić information content (AvgIpc) is 3.00. The van der Waals surface area contributed by atoms with Crippen LogP contribution in [0, 0.1) is 6.92 Å². The number of rotatable bonds is 8. The minimum Gasteiger partial charge on any atom is -0.493 e. The molecule has 8 heteroatoms. The van der Waals surface area contributed by atoms with E-state index in [1.165, 1.54) is 13.3 Å². The number of halogens is 1. The van der Waals surface area contributed by atoms with E-state index in [1.807, 2.05) is 43.3 Å². The zero-order chi connectivity index (χ0) is 20.6. The molecule has 150 valence electrons. The minimum absolute atomic E-state index is 0.197. The van der Waals surface area contributed by atoms with Gasteiger partial charge in [0.05, 0.1) is 31.1 Å². The number of ether oxygens (including phenoxy) is 2. The van der Waals surface area contributed by atoms with Crippen LogP contribution in [0.2, 0.25) is 5.15 Å². The lowest BCUT2D eigenvalue weighted by atomic mass is 10.2. The van der Waals surface area contributed by atoms with E-state index in [0.717, 1.165) is 5.56 Å². The highest BCUT2D eigenvalue weighted by Gasteiger charge is 2.12. The third-order valence-electron chi connectivity index (χ3n) is 4.10. The molecule has 1 aromatic heterocycles. The summed E-state index contributed by atoms with van der Waals surface area (Å²) in [5.41, 5.74) is 4.87. The topological polar surface area (TPSA) is 77.7 Å². The lowest BCUT2D eigenvalue weighted by molar-refractivity contribution is -0.123. The van der Waals surface area contributed by atoms with Gasteiger partial charge in [-0.2, -0.15) is 10.2 Å². The molecule has 0 fully saturated rings. The van der Waals surface area contributed by atoms with Gasteiger partial charge in [-0.1, -0.05) is 54.1 Å². The Morgan fingerprint density at radius 1 is 1.17 bits per heavy atom. The van der Waals surface area contributed by atoms with Crippen LogP contribution in [0.5, 0.6) is 11.5 Å². The number of aryl methyl sites for hydroxylation is 1. The SMILES string of the molecule is COc1ccccc1OCC(=O)N/N=C\c1c(C)nn(Cc2ccccc2)c1Cl. The van der Waals surface area contributed by atoms with Crippen molar-refractivity contribution in [3.8, 4) is 11.5 Å². The Labute approximate surface area is 173 Å². The highest BCUT2D eigenvalue weighted by molar-refractivity contribution is 6.32. The van der Waals surface area contributed by atoms with Crippen LogP contribution >= 0.6 is 11.6 Å². The number of benzene rings is 2. The third-order valence-corrected chi connectivity index (χ3v) is 4.49. The first-order valence-corrected chi connectivity index (χ1v) is 9.31.